The van der Waals surface area contributed by atoms with Crippen molar-refractivity contribution in [3.63, 3.8) is 0 Å². The maximum absolute atomic E-state index is 11.7. The number of hydrogen-bond donors (Lipinski definition) is 2. The molecule has 1 unspecified atom stereocenters. The number of rotatable bonds is 9. The molecule has 0 aliphatic heterocycles. The van der Waals surface area contributed by atoms with Crippen molar-refractivity contribution >= 4 is 10.0 Å². The van der Waals surface area contributed by atoms with Gasteiger partial charge in [0, 0.05) is 24.7 Å². The van der Waals surface area contributed by atoms with Crippen LogP contribution in [0.15, 0.2) is 0 Å². The van der Waals surface area contributed by atoms with Gasteiger partial charge >= 0.3 is 0 Å². The van der Waals surface area contributed by atoms with Gasteiger partial charge in [-0.15, -0.1) is 0 Å². The lowest BCUT2D eigenvalue weighted by atomic mass is 9.80. The van der Waals surface area contributed by atoms with Crippen molar-refractivity contribution in [3.8, 4) is 0 Å². The Kier molecular flexibility index (Phi) is 7.60. The highest BCUT2D eigenvalue weighted by Gasteiger charge is 2.34. The molecule has 0 aromatic heterocycles. The van der Waals surface area contributed by atoms with Crippen LogP contribution in [0.25, 0.3) is 0 Å². The van der Waals surface area contributed by atoms with Gasteiger partial charge in [-0.3, -0.25) is 0 Å². The first-order valence-electron chi connectivity index (χ1n) is 8.19. The molecule has 1 aliphatic carbocycles. The average molecular weight is 320 g/mol. The van der Waals surface area contributed by atoms with Gasteiger partial charge < -0.3 is 10.2 Å². The Balaban J connectivity index is 2.42. The SMILES string of the molecule is CCCS(=O)(=O)NCC(C)NCC1(N(C)C)CCCCC1. The number of nitrogens with zero attached hydrogens (tertiary/aromatic N) is 1. The van der Waals surface area contributed by atoms with Crippen LogP contribution in [-0.4, -0.2) is 57.8 Å². The van der Waals surface area contributed by atoms with Crippen LogP contribution in [0.3, 0.4) is 0 Å². The molecular weight excluding hydrogens is 286 g/mol. The lowest BCUT2D eigenvalue weighted by molar-refractivity contribution is 0.0960. The Labute approximate surface area is 130 Å². The van der Waals surface area contributed by atoms with Gasteiger partial charge in [0.25, 0.3) is 0 Å². The lowest BCUT2D eigenvalue weighted by Crippen LogP contribution is -2.55. The number of nitrogens with one attached hydrogen (secondary N) is 2. The van der Waals surface area contributed by atoms with E-state index in [1.807, 2.05) is 13.8 Å². The Morgan fingerprint density at radius 3 is 2.33 bits per heavy atom. The first-order valence-corrected chi connectivity index (χ1v) is 9.85. The maximum Gasteiger partial charge on any atom is 0.211 e. The van der Waals surface area contributed by atoms with E-state index in [4.69, 9.17) is 0 Å². The normalized spacial score (nSPS) is 20.6. The van der Waals surface area contributed by atoms with Gasteiger partial charge in [-0.1, -0.05) is 26.2 Å². The van der Waals surface area contributed by atoms with Crippen LogP contribution in [-0.2, 0) is 10.0 Å². The third-order valence-electron chi connectivity index (χ3n) is 4.59. The summed E-state index contributed by atoms with van der Waals surface area (Å²) in [6.07, 6.45) is 7.01. The van der Waals surface area contributed by atoms with Gasteiger partial charge in [0.1, 0.15) is 0 Å². The molecule has 126 valence electrons. The summed E-state index contributed by atoms with van der Waals surface area (Å²) in [4.78, 5) is 2.34. The summed E-state index contributed by atoms with van der Waals surface area (Å²) in [6, 6.07) is 0.149. The second-order valence-corrected chi connectivity index (χ2v) is 8.56. The van der Waals surface area contributed by atoms with Gasteiger partial charge in [0.05, 0.1) is 5.75 Å². The van der Waals surface area contributed by atoms with Crippen molar-refractivity contribution in [2.75, 3.05) is 32.9 Å². The van der Waals surface area contributed by atoms with E-state index in [-0.39, 0.29) is 17.3 Å². The molecule has 6 heteroatoms. The van der Waals surface area contributed by atoms with Gasteiger partial charge in [-0.25, -0.2) is 13.1 Å². The van der Waals surface area contributed by atoms with E-state index >= 15 is 0 Å². The lowest BCUT2D eigenvalue weighted by Gasteiger charge is -2.44. The van der Waals surface area contributed by atoms with Crippen LogP contribution in [0.1, 0.15) is 52.4 Å². The summed E-state index contributed by atoms with van der Waals surface area (Å²) >= 11 is 0. The van der Waals surface area contributed by atoms with Gasteiger partial charge in [0.2, 0.25) is 10.0 Å². The second-order valence-electron chi connectivity index (χ2n) is 6.63. The summed E-state index contributed by atoms with van der Waals surface area (Å²) in [5.41, 5.74) is 0.231. The first kappa shape index (κ1) is 18.9. The van der Waals surface area contributed by atoms with Crippen LogP contribution in [0, 0.1) is 0 Å². The highest BCUT2D eigenvalue weighted by atomic mass is 32.2. The third-order valence-corrected chi connectivity index (χ3v) is 6.15. The summed E-state index contributed by atoms with van der Waals surface area (Å²) < 4.78 is 26.0. The minimum absolute atomic E-state index is 0.149. The molecule has 1 atom stereocenters. The minimum atomic E-state index is -3.10. The van der Waals surface area contributed by atoms with Crippen LogP contribution < -0.4 is 10.0 Å². The van der Waals surface area contributed by atoms with E-state index in [9.17, 15) is 8.42 Å². The number of hydrogen-bond acceptors (Lipinski definition) is 4. The Morgan fingerprint density at radius 2 is 1.81 bits per heavy atom. The zero-order valence-corrected chi connectivity index (χ0v) is 14.9. The monoisotopic (exact) mass is 319 g/mol. The summed E-state index contributed by atoms with van der Waals surface area (Å²) in [5.74, 6) is 0.210. The molecule has 1 aliphatic rings. The molecule has 21 heavy (non-hydrogen) atoms. The quantitative estimate of drug-likeness (QED) is 0.677. The fourth-order valence-electron chi connectivity index (χ4n) is 3.02. The van der Waals surface area contributed by atoms with E-state index < -0.39 is 10.0 Å². The molecule has 0 radical (unpaired) electrons. The van der Waals surface area contributed by atoms with E-state index in [1.54, 1.807) is 0 Å². The molecule has 0 saturated heterocycles. The van der Waals surface area contributed by atoms with Crippen LogP contribution in [0.2, 0.25) is 0 Å². The fraction of sp³-hybridized carbons (Fsp3) is 1.00. The number of sulfonamides is 1. The van der Waals surface area contributed by atoms with Crippen LogP contribution in [0.4, 0.5) is 0 Å². The fourth-order valence-corrected chi connectivity index (χ4v) is 4.21. The van der Waals surface area contributed by atoms with Crippen LogP contribution in [0.5, 0.6) is 0 Å². The van der Waals surface area contributed by atoms with E-state index in [0.29, 0.717) is 13.0 Å². The molecule has 2 N–H and O–H groups in total. The molecule has 1 saturated carbocycles. The average Bonchev–Trinajstić information content (AvgIpc) is 2.44. The first-order chi connectivity index (χ1) is 9.81. The van der Waals surface area contributed by atoms with Crippen molar-refractivity contribution in [1.82, 2.24) is 14.9 Å². The highest BCUT2D eigenvalue weighted by molar-refractivity contribution is 7.89. The number of likely N-dealkylation sites (N-methyl/N-ethyl adjacent to an activating group) is 1. The van der Waals surface area contributed by atoms with Crippen molar-refractivity contribution in [2.45, 2.75) is 64.0 Å². The molecule has 0 aromatic carbocycles. The van der Waals surface area contributed by atoms with Crippen molar-refractivity contribution in [1.29, 1.82) is 0 Å². The molecule has 0 amide bonds. The Hall–Kier alpha value is -0.170. The standard InChI is InChI=1S/C15H33N3O2S/c1-5-11-21(19,20)17-12-14(2)16-13-15(18(3)4)9-7-6-8-10-15/h14,16-17H,5-13H2,1-4H3. The minimum Gasteiger partial charge on any atom is -0.311 e. The van der Waals surface area contributed by atoms with Gasteiger partial charge in [0.15, 0.2) is 0 Å². The van der Waals surface area contributed by atoms with Gasteiger partial charge in [-0.05, 0) is 40.3 Å². The maximum atomic E-state index is 11.7. The second kappa shape index (κ2) is 8.46. The molecule has 1 rings (SSSR count). The Morgan fingerprint density at radius 1 is 1.19 bits per heavy atom. The highest BCUT2D eigenvalue weighted by Crippen LogP contribution is 2.31. The van der Waals surface area contributed by atoms with Gasteiger partial charge in [-0.2, -0.15) is 0 Å². The van der Waals surface area contributed by atoms with Crippen molar-refractivity contribution < 1.29 is 8.42 Å². The molecule has 5 nitrogen and oxygen atoms in total. The molecule has 0 heterocycles. The van der Waals surface area contributed by atoms with Crippen molar-refractivity contribution in [3.05, 3.63) is 0 Å². The topological polar surface area (TPSA) is 61.4 Å². The summed E-state index contributed by atoms with van der Waals surface area (Å²) in [7, 11) is 1.21. The molecular formula is C15H33N3O2S. The smallest absolute Gasteiger partial charge is 0.211 e. The largest absolute Gasteiger partial charge is 0.311 e. The Bertz CT molecular complexity index is 390. The predicted molar refractivity (Wildman–Crippen MR) is 89.0 cm³/mol. The van der Waals surface area contributed by atoms with Crippen molar-refractivity contribution in [2.24, 2.45) is 0 Å². The predicted octanol–water partition coefficient (Wildman–Crippen LogP) is 1.56. The zero-order valence-electron chi connectivity index (χ0n) is 14.1. The van der Waals surface area contributed by atoms with Crippen LogP contribution >= 0.6 is 0 Å². The molecule has 1 fully saturated rings. The zero-order chi connectivity index (χ0) is 15.9. The molecule has 0 aromatic rings. The molecule has 0 bridgehead atoms. The molecule has 0 spiro atoms. The summed E-state index contributed by atoms with van der Waals surface area (Å²) in [6.45, 7) is 5.31. The van der Waals surface area contributed by atoms with E-state index in [1.165, 1.54) is 32.1 Å². The summed E-state index contributed by atoms with van der Waals surface area (Å²) in [5, 5.41) is 3.52. The van der Waals surface area contributed by atoms with E-state index in [0.717, 1.165) is 6.54 Å². The van der Waals surface area contributed by atoms with E-state index in [2.05, 4.69) is 29.0 Å². The third kappa shape index (κ3) is 6.22.